The Hall–Kier alpha value is -2.48. The molecule has 3 saturated carbocycles. The van der Waals surface area contributed by atoms with Crippen LogP contribution in [0.5, 0.6) is 0 Å². The summed E-state index contributed by atoms with van der Waals surface area (Å²) in [6, 6.07) is 12.1. The van der Waals surface area contributed by atoms with Crippen molar-refractivity contribution >= 4 is 34.5 Å². The monoisotopic (exact) mass is 543 g/mol. The molecule has 7 atom stereocenters. The Kier molecular flexibility index (Phi) is 5.89. The highest BCUT2D eigenvalue weighted by atomic mass is 32.2. The van der Waals surface area contributed by atoms with Crippen LogP contribution in [0.25, 0.3) is 17.0 Å². The van der Waals surface area contributed by atoms with Crippen molar-refractivity contribution in [2.45, 2.75) is 69.1 Å². The zero-order chi connectivity index (χ0) is 27.0. The third-order valence-corrected chi connectivity index (χ3v) is 12.1. The summed E-state index contributed by atoms with van der Waals surface area (Å²) in [5, 5.41) is 21.3. The van der Waals surface area contributed by atoms with Crippen LogP contribution in [-0.2, 0) is 16.0 Å². The van der Waals surface area contributed by atoms with Gasteiger partial charge in [0.1, 0.15) is 5.60 Å². The molecule has 7 rings (SSSR count). The Labute approximate surface area is 234 Å². The first-order valence-corrected chi connectivity index (χ1v) is 15.3. The number of ether oxygens (including phenoxy) is 1. The molecule has 2 heterocycles. The second kappa shape index (κ2) is 9.02. The lowest BCUT2D eigenvalue weighted by molar-refractivity contribution is -0.185. The van der Waals surface area contributed by atoms with Crippen LogP contribution in [0.2, 0.25) is 0 Å². The van der Waals surface area contributed by atoms with Crippen molar-refractivity contribution in [1.82, 2.24) is 15.2 Å². The SMILES string of the molecule is CO[C@]1(C(=O)CSc2ccc3ccccc3n2)CCC2C3CCC4=Cc5[nH]ncc5CC4(C)C3[C@@H](O)CC21C. The first kappa shape index (κ1) is 25.5. The average molecular weight is 544 g/mol. The molecule has 0 aliphatic heterocycles. The molecule has 3 aromatic rings. The molecule has 0 saturated heterocycles. The zero-order valence-corrected chi connectivity index (χ0v) is 23.8. The summed E-state index contributed by atoms with van der Waals surface area (Å²) in [4.78, 5) is 18.8. The second-order valence-corrected chi connectivity index (χ2v) is 13.7. The molecule has 0 radical (unpaired) electrons. The molecule has 0 bridgehead atoms. The minimum Gasteiger partial charge on any atom is -0.393 e. The number of rotatable bonds is 5. The summed E-state index contributed by atoms with van der Waals surface area (Å²) in [6.07, 6.45) is 9.04. The van der Waals surface area contributed by atoms with Gasteiger partial charge in [-0.3, -0.25) is 9.89 Å². The number of hydrogen-bond acceptors (Lipinski definition) is 6. The van der Waals surface area contributed by atoms with E-state index in [4.69, 9.17) is 9.72 Å². The fourth-order valence-corrected chi connectivity index (χ4v) is 10.2. The number of aliphatic hydroxyl groups excluding tert-OH is 1. The van der Waals surface area contributed by atoms with Gasteiger partial charge in [-0.05, 0) is 85.5 Å². The average Bonchev–Trinajstić information content (AvgIpc) is 3.50. The summed E-state index contributed by atoms with van der Waals surface area (Å²) in [6.45, 7) is 4.58. The minimum absolute atomic E-state index is 0.0829. The van der Waals surface area contributed by atoms with Gasteiger partial charge in [-0.1, -0.05) is 55.4 Å². The van der Waals surface area contributed by atoms with Crippen LogP contribution in [-0.4, -0.2) is 50.6 Å². The molecular weight excluding hydrogens is 506 g/mol. The quantitative estimate of drug-likeness (QED) is 0.392. The molecule has 5 unspecified atom stereocenters. The normalized spacial score (nSPS) is 37.0. The predicted molar refractivity (Wildman–Crippen MR) is 153 cm³/mol. The van der Waals surface area contributed by atoms with Gasteiger partial charge in [-0.25, -0.2) is 4.98 Å². The number of allylic oxidation sites excluding steroid dienone is 1. The van der Waals surface area contributed by atoms with Crippen molar-refractivity contribution in [3.63, 3.8) is 0 Å². The topological polar surface area (TPSA) is 88.1 Å². The molecule has 2 N–H and O–H groups in total. The van der Waals surface area contributed by atoms with E-state index in [9.17, 15) is 9.90 Å². The van der Waals surface area contributed by atoms with Crippen LogP contribution in [0.1, 0.15) is 57.2 Å². The largest absolute Gasteiger partial charge is 0.393 e. The van der Waals surface area contributed by atoms with Crippen LogP contribution in [0.4, 0.5) is 0 Å². The van der Waals surface area contributed by atoms with E-state index in [1.54, 1.807) is 7.11 Å². The Morgan fingerprint density at radius 1 is 1.21 bits per heavy atom. The standard InChI is InChI=1S/C32H37N3O3S/c1-30-15-20-17-33-35-25(20)14-21(30)9-10-22-23-12-13-32(38-3,31(23,2)16-26(36)29(22)30)27(37)18-39-28-11-8-19-6-4-5-7-24(19)34-28/h4-8,11,14,17,22-23,26,29,36H,9-10,12-13,15-16,18H2,1-3H3,(H,33,35)/t22?,23?,26-,29?,30?,31?,32-/m0/s1. The van der Waals surface area contributed by atoms with Gasteiger partial charge in [0.05, 0.1) is 34.3 Å². The highest BCUT2D eigenvalue weighted by Gasteiger charge is 2.69. The highest BCUT2D eigenvalue weighted by Crippen LogP contribution is 2.68. The van der Waals surface area contributed by atoms with Crippen molar-refractivity contribution < 1.29 is 14.6 Å². The number of para-hydroxylation sites is 1. The van der Waals surface area contributed by atoms with Gasteiger partial charge >= 0.3 is 0 Å². The first-order chi connectivity index (χ1) is 18.8. The summed E-state index contributed by atoms with van der Waals surface area (Å²) >= 11 is 1.49. The van der Waals surface area contributed by atoms with E-state index in [1.807, 2.05) is 30.5 Å². The molecule has 4 aliphatic rings. The van der Waals surface area contributed by atoms with E-state index >= 15 is 0 Å². The van der Waals surface area contributed by atoms with E-state index in [0.29, 0.717) is 24.0 Å². The molecule has 0 amide bonds. The lowest BCUT2D eigenvalue weighted by atomic mass is 9.45. The van der Waals surface area contributed by atoms with Crippen molar-refractivity contribution in [2.75, 3.05) is 12.9 Å². The zero-order valence-electron chi connectivity index (χ0n) is 22.9. The number of ketones is 1. The number of Topliss-reactive ketones (excluding diaryl/α,β-unsaturated/α-hetero) is 1. The Morgan fingerprint density at radius 2 is 2.05 bits per heavy atom. The molecule has 7 heteroatoms. The number of thioether (sulfide) groups is 1. The number of nitrogens with zero attached hydrogens (tertiary/aromatic N) is 2. The minimum atomic E-state index is -0.880. The Morgan fingerprint density at radius 3 is 2.90 bits per heavy atom. The third-order valence-electron chi connectivity index (χ3n) is 11.1. The lowest BCUT2D eigenvalue weighted by Crippen LogP contribution is -2.62. The fraction of sp³-hybridized carbons (Fsp3) is 0.531. The van der Waals surface area contributed by atoms with E-state index in [2.05, 4.69) is 42.3 Å². The summed E-state index contributed by atoms with van der Waals surface area (Å²) in [5.74, 6) is 1.35. The maximum Gasteiger partial charge on any atom is 0.175 e. The number of methoxy groups -OCH3 is 1. The fourth-order valence-electron chi connectivity index (χ4n) is 9.38. The van der Waals surface area contributed by atoms with Crippen molar-refractivity contribution in [3.05, 3.63) is 59.4 Å². The van der Waals surface area contributed by atoms with Crippen molar-refractivity contribution in [1.29, 1.82) is 0 Å². The van der Waals surface area contributed by atoms with E-state index < -0.39 is 17.1 Å². The summed E-state index contributed by atoms with van der Waals surface area (Å²) < 4.78 is 6.27. The first-order valence-electron chi connectivity index (χ1n) is 14.3. The van der Waals surface area contributed by atoms with Crippen molar-refractivity contribution in [3.8, 4) is 0 Å². The van der Waals surface area contributed by atoms with Crippen LogP contribution in [0.15, 0.2) is 53.2 Å². The molecule has 0 spiro atoms. The van der Waals surface area contributed by atoms with Crippen LogP contribution in [0.3, 0.4) is 0 Å². The van der Waals surface area contributed by atoms with E-state index in [1.165, 1.54) is 22.9 Å². The van der Waals surface area contributed by atoms with Crippen LogP contribution in [0, 0.1) is 28.6 Å². The molecule has 4 aliphatic carbocycles. The molecular formula is C32H37N3O3S. The predicted octanol–water partition coefficient (Wildman–Crippen LogP) is 5.86. The number of fused-ring (bicyclic) bond motifs is 7. The number of carbonyl (C=O) groups is 1. The molecule has 2 aromatic heterocycles. The van der Waals surface area contributed by atoms with Gasteiger partial charge in [0.25, 0.3) is 0 Å². The molecule has 3 fully saturated rings. The van der Waals surface area contributed by atoms with Gasteiger partial charge in [-0.15, -0.1) is 0 Å². The number of hydrogen-bond donors (Lipinski definition) is 2. The van der Waals surface area contributed by atoms with Crippen LogP contribution < -0.4 is 0 Å². The number of H-pyrrole nitrogens is 1. The number of aromatic amines is 1. The molecule has 1 aromatic carbocycles. The van der Waals surface area contributed by atoms with Gasteiger partial charge in [0.2, 0.25) is 0 Å². The number of pyridine rings is 1. The number of aliphatic hydroxyl groups is 1. The van der Waals surface area contributed by atoms with Crippen molar-refractivity contribution in [2.24, 2.45) is 28.6 Å². The molecule has 204 valence electrons. The van der Waals surface area contributed by atoms with E-state index in [0.717, 1.165) is 53.7 Å². The maximum absolute atomic E-state index is 14.1. The van der Waals surface area contributed by atoms with Gasteiger partial charge in [0.15, 0.2) is 5.78 Å². The number of benzene rings is 1. The second-order valence-electron chi connectivity index (χ2n) is 12.7. The van der Waals surface area contributed by atoms with Gasteiger partial charge in [-0.2, -0.15) is 5.10 Å². The summed E-state index contributed by atoms with van der Waals surface area (Å²) in [5.41, 5.74) is 3.39. The van der Waals surface area contributed by atoms with Gasteiger partial charge < -0.3 is 9.84 Å². The number of nitrogens with one attached hydrogen (secondary N) is 1. The molecule has 39 heavy (non-hydrogen) atoms. The third kappa shape index (κ3) is 3.58. The maximum atomic E-state index is 14.1. The van der Waals surface area contributed by atoms with Gasteiger partial charge in [0, 0.05) is 17.9 Å². The highest BCUT2D eigenvalue weighted by molar-refractivity contribution is 7.99. The number of carbonyl (C=O) groups excluding carboxylic acids is 1. The summed E-state index contributed by atoms with van der Waals surface area (Å²) in [7, 11) is 1.70. The smallest absolute Gasteiger partial charge is 0.175 e. The Bertz CT molecular complexity index is 1480. The molecule has 6 nitrogen and oxygen atoms in total. The number of aromatic nitrogens is 3. The Balaban J connectivity index is 1.16. The lowest BCUT2D eigenvalue weighted by Gasteiger charge is -2.60. The van der Waals surface area contributed by atoms with Crippen LogP contribution >= 0.6 is 11.8 Å². The van der Waals surface area contributed by atoms with E-state index in [-0.39, 0.29) is 17.1 Å².